The van der Waals surface area contributed by atoms with Crippen LogP contribution < -0.4 is 16.2 Å². The first-order chi connectivity index (χ1) is 14.0. The molecule has 0 spiro atoms. The van der Waals surface area contributed by atoms with Gasteiger partial charge in [-0.3, -0.25) is 14.4 Å². The molecule has 3 aromatic rings. The summed E-state index contributed by atoms with van der Waals surface area (Å²) in [6.07, 6.45) is 2.47. The summed E-state index contributed by atoms with van der Waals surface area (Å²) in [7, 11) is 0. The molecule has 1 heterocycles. The number of rotatable bonds is 6. The van der Waals surface area contributed by atoms with Crippen LogP contribution in [0.2, 0.25) is 0 Å². The number of amides is 2. The number of carbonyl (C=O) groups is 2. The van der Waals surface area contributed by atoms with E-state index in [0.29, 0.717) is 11.3 Å². The molecule has 0 aliphatic carbocycles. The summed E-state index contributed by atoms with van der Waals surface area (Å²) >= 11 is 0. The van der Waals surface area contributed by atoms with Crippen molar-refractivity contribution < 1.29 is 9.59 Å². The SMILES string of the molecule is CCc1ccccc1NC(=O)c1ccc(NC(=O)Cn2cc(C)ccc2=O)cc1. The number of pyridine rings is 1. The average molecular weight is 389 g/mol. The van der Waals surface area contributed by atoms with E-state index in [1.807, 2.05) is 38.1 Å². The van der Waals surface area contributed by atoms with Crippen LogP contribution in [0.5, 0.6) is 0 Å². The third kappa shape index (κ3) is 5.19. The molecule has 3 rings (SSSR count). The standard InChI is InChI=1S/C23H23N3O3/c1-3-17-6-4-5-7-20(17)25-23(29)18-9-11-19(12-10-18)24-21(27)15-26-14-16(2)8-13-22(26)28/h4-14H,3,15H2,1-2H3,(H,24,27)(H,25,29). The van der Waals surface area contributed by atoms with Gasteiger partial charge in [-0.1, -0.05) is 31.2 Å². The third-order valence-corrected chi connectivity index (χ3v) is 4.52. The Morgan fingerprint density at radius 2 is 1.66 bits per heavy atom. The number of carbonyl (C=O) groups excluding carboxylic acids is 2. The van der Waals surface area contributed by atoms with Gasteiger partial charge in [-0.2, -0.15) is 0 Å². The van der Waals surface area contributed by atoms with Crippen molar-refractivity contribution in [3.05, 3.63) is 93.9 Å². The number of nitrogens with one attached hydrogen (secondary N) is 2. The minimum absolute atomic E-state index is 0.0729. The Hall–Kier alpha value is -3.67. The van der Waals surface area contributed by atoms with E-state index in [1.165, 1.54) is 10.6 Å². The number of aromatic nitrogens is 1. The largest absolute Gasteiger partial charge is 0.325 e. The summed E-state index contributed by atoms with van der Waals surface area (Å²) in [5, 5.41) is 5.66. The maximum Gasteiger partial charge on any atom is 0.255 e. The molecule has 0 saturated heterocycles. The fourth-order valence-electron chi connectivity index (χ4n) is 2.98. The number of benzene rings is 2. The molecule has 0 unspecified atom stereocenters. The monoisotopic (exact) mass is 389 g/mol. The Morgan fingerprint density at radius 1 is 0.931 bits per heavy atom. The molecule has 6 nitrogen and oxygen atoms in total. The van der Waals surface area contributed by atoms with Crippen LogP contribution in [0.1, 0.15) is 28.4 Å². The van der Waals surface area contributed by atoms with Crippen molar-refractivity contribution in [1.82, 2.24) is 4.57 Å². The van der Waals surface area contributed by atoms with Crippen LogP contribution in [0, 0.1) is 6.92 Å². The molecule has 2 N–H and O–H groups in total. The Bertz CT molecular complexity index is 1090. The van der Waals surface area contributed by atoms with Gasteiger partial charge in [-0.25, -0.2) is 0 Å². The zero-order chi connectivity index (χ0) is 20.8. The second kappa shape index (κ2) is 9.01. The van der Waals surface area contributed by atoms with E-state index in [-0.39, 0.29) is 23.9 Å². The fourth-order valence-corrected chi connectivity index (χ4v) is 2.98. The van der Waals surface area contributed by atoms with Crippen molar-refractivity contribution in [2.45, 2.75) is 26.8 Å². The number of hydrogen-bond acceptors (Lipinski definition) is 3. The number of hydrogen-bond donors (Lipinski definition) is 2. The maximum atomic E-state index is 12.5. The predicted octanol–water partition coefficient (Wildman–Crippen LogP) is 3.61. The maximum absolute atomic E-state index is 12.5. The molecular formula is C23H23N3O3. The third-order valence-electron chi connectivity index (χ3n) is 4.52. The lowest BCUT2D eigenvalue weighted by Gasteiger charge is -2.11. The van der Waals surface area contributed by atoms with Crippen molar-refractivity contribution >= 4 is 23.2 Å². The zero-order valence-electron chi connectivity index (χ0n) is 16.4. The highest BCUT2D eigenvalue weighted by molar-refractivity contribution is 6.05. The van der Waals surface area contributed by atoms with Crippen molar-refractivity contribution in [3.8, 4) is 0 Å². The Balaban J connectivity index is 1.63. The van der Waals surface area contributed by atoms with E-state index in [2.05, 4.69) is 10.6 Å². The van der Waals surface area contributed by atoms with Gasteiger partial charge >= 0.3 is 0 Å². The zero-order valence-corrected chi connectivity index (χ0v) is 16.4. The summed E-state index contributed by atoms with van der Waals surface area (Å²) in [6.45, 7) is 3.82. The van der Waals surface area contributed by atoms with Crippen LogP contribution in [-0.4, -0.2) is 16.4 Å². The molecule has 0 atom stereocenters. The number of para-hydroxylation sites is 1. The minimum atomic E-state index is -0.313. The second-order valence-electron chi connectivity index (χ2n) is 6.76. The highest BCUT2D eigenvalue weighted by Crippen LogP contribution is 2.17. The van der Waals surface area contributed by atoms with Gasteiger partial charge in [-0.15, -0.1) is 0 Å². The Labute approximate surface area is 169 Å². The molecule has 1 aromatic heterocycles. The van der Waals surface area contributed by atoms with Gasteiger partial charge in [0, 0.05) is 29.2 Å². The first kappa shape index (κ1) is 20.1. The normalized spacial score (nSPS) is 10.4. The quantitative estimate of drug-likeness (QED) is 0.676. The summed E-state index contributed by atoms with van der Waals surface area (Å²) < 4.78 is 1.36. The lowest BCUT2D eigenvalue weighted by molar-refractivity contribution is -0.116. The smallest absolute Gasteiger partial charge is 0.255 e. The molecule has 0 fully saturated rings. The number of nitrogens with zero attached hydrogens (tertiary/aromatic N) is 1. The van der Waals surface area contributed by atoms with E-state index in [0.717, 1.165) is 23.2 Å². The van der Waals surface area contributed by atoms with Gasteiger partial charge < -0.3 is 15.2 Å². The minimum Gasteiger partial charge on any atom is -0.325 e. The molecular weight excluding hydrogens is 366 g/mol. The molecule has 148 valence electrons. The topological polar surface area (TPSA) is 80.2 Å². The van der Waals surface area contributed by atoms with Gasteiger partial charge in [0.25, 0.3) is 11.5 Å². The van der Waals surface area contributed by atoms with Gasteiger partial charge in [0.15, 0.2) is 0 Å². The molecule has 2 amide bonds. The molecule has 2 aromatic carbocycles. The van der Waals surface area contributed by atoms with Crippen LogP contribution in [-0.2, 0) is 17.8 Å². The van der Waals surface area contributed by atoms with Gasteiger partial charge in [0.1, 0.15) is 6.54 Å². The van der Waals surface area contributed by atoms with Crippen LogP contribution in [0.25, 0.3) is 0 Å². The molecule has 0 aliphatic heterocycles. The van der Waals surface area contributed by atoms with Crippen molar-refractivity contribution in [2.75, 3.05) is 10.6 Å². The summed E-state index contributed by atoms with van der Waals surface area (Å²) in [5.41, 5.74) is 3.57. The fraction of sp³-hybridized carbons (Fsp3) is 0.174. The average Bonchev–Trinajstić information content (AvgIpc) is 2.71. The lowest BCUT2D eigenvalue weighted by Crippen LogP contribution is -2.26. The van der Waals surface area contributed by atoms with Crippen LogP contribution in [0.3, 0.4) is 0 Å². The van der Waals surface area contributed by atoms with E-state index < -0.39 is 0 Å². The Morgan fingerprint density at radius 3 is 2.38 bits per heavy atom. The summed E-state index contributed by atoms with van der Waals surface area (Å²) in [6, 6.07) is 17.5. The summed E-state index contributed by atoms with van der Waals surface area (Å²) in [5.74, 6) is -0.526. The highest BCUT2D eigenvalue weighted by atomic mass is 16.2. The summed E-state index contributed by atoms with van der Waals surface area (Å²) in [4.78, 5) is 36.5. The van der Waals surface area contributed by atoms with E-state index in [1.54, 1.807) is 36.5 Å². The first-order valence-corrected chi connectivity index (χ1v) is 9.42. The first-order valence-electron chi connectivity index (χ1n) is 9.42. The predicted molar refractivity (Wildman–Crippen MR) is 114 cm³/mol. The van der Waals surface area contributed by atoms with Gasteiger partial charge in [-0.05, 0) is 54.8 Å². The van der Waals surface area contributed by atoms with Gasteiger partial charge in [0.05, 0.1) is 0 Å². The molecule has 29 heavy (non-hydrogen) atoms. The molecule has 0 aliphatic rings. The van der Waals surface area contributed by atoms with Crippen molar-refractivity contribution in [2.24, 2.45) is 0 Å². The van der Waals surface area contributed by atoms with Crippen molar-refractivity contribution in [3.63, 3.8) is 0 Å². The van der Waals surface area contributed by atoms with Crippen LogP contribution in [0.4, 0.5) is 11.4 Å². The molecule has 6 heteroatoms. The van der Waals surface area contributed by atoms with E-state index in [4.69, 9.17) is 0 Å². The molecule has 0 saturated carbocycles. The molecule has 0 radical (unpaired) electrons. The van der Waals surface area contributed by atoms with E-state index in [9.17, 15) is 14.4 Å². The van der Waals surface area contributed by atoms with Gasteiger partial charge in [0.2, 0.25) is 5.91 Å². The Kier molecular flexibility index (Phi) is 6.24. The number of aryl methyl sites for hydroxylation is 2. The van der Waals surface area contributed by atoms with Crippen LogP contribution >= 0.6 is 0 Å². The highest BCUT2D eigenvalue weighted by Gasteiger charge is 2.10. The molecule has 0 bridgehead atoms. The number of anilines is 2. The van der Waals surface area contributed by atoms with E-state index >= 15 is 0 Å². The van der Waals surface area contributed by atoms with Crippen LogP contribution in [0.15, 0.2) is 71.7 Å². The second-order valence-corrected chi connectivity index (χ2v) is 6.76. The van der Waals surface area contributed by atoms with Crippen molar-refractivity contribution in [1.29, 1.82) is 0 Å². The lowest BCUT2D eigenvalue weighted by atomic mass is 10.1.